The van der Waals surface area contributed by atoms with E-state index >= 15 is 0 Å². The van der Waals surface area contributed by atoms with Crippen LogP contribution in [0.5, 0.6) is 0 Å². The Balaban J connectivity index is 2.23. The van der Waals surface area contributed by atoms with Gasteiger partial charge in [0.2, 0.25) is 0 Å². The molecule has 0 amide bonds. The van der Waals surface area contributed by atoms with Crippen LogP contribution in [0.3, 0.4) is 0 Å². The third kappa shape index (κ3) is 7.89. The average molecular weight is 440 g/mol. The molecule has 31 heavy (non-hydrogen) atoms. The maximum absolute atomic E-state index is 6.60. The molecule has 0 aliphatic carbocycles. The minimum atomic E-state index is -1.72. The first-order chi connectivity index (χ1) is 14.7. The molecule has 0 bridgehead atoms. The van der Waals surface area contributed by atoms with Gasteiger partial charge in [-0.1, -0.05) is 101 Å². The maximum Gasteiger partial charge on any atom is 0.191 e. The Hall–Kier alpha value is -1.42. The Morgan fingerprint density at radius 1 is 0.903 bits per heavy atom. The lowest BCUT2D eigenvalue weighted by Crippen LogP contribution is -2.43. The largest absolute Gasteiger partial charge is 0.417 e. The first-order valence-electron chi connectivity index (χ1n) is 12.1. The molecule has 0 aromatic heterocycles. The van der Waals surface area contributed by atoms with Gasteiger partial charge in [-0.15, -0.1) is 0 Å². The molecule has 172 valence electrons. The van der Waals surface area contributed by atoms with Crippen LogP contribution in [0.15, 0.2) is 60.7 Å². The molecule has 2 aromatic rings. The highest BCUT2D eigenvalue weighted by Crippen LogP contribution is 2.37. The summed E-state index contributed by atoms with van der Waals surface area (Å²) in [5.74, 6) is 0. The Morgan fingerprint density at radius 2 is 1.48 bits per heavy atom. The van der Waals surface area contributed by atoms with Crippen LogP contribution in [0.1, 0.15) is 77.5 Å². The van der Waals surface area contributed by atoms with Crippen molar-refractivity contribution in [2.45, 2.75) is 97.1 Å². The monoisotopic (exact) mass is 439 g/mol. The molecule has 2 nitrogen and oxygen atoms in total. The standard InChI is InChI=1S/C28H45NOSi/c1-8-9-20-27(21-22-30-31(6,7)28(3,4)5)29(23-25-16-12-10-13-17-25)24(2)26-18-14-11-15-19-26/h10-19,24,27H,8-9,20-23H2,1-7H3. The summed E-state index contributed by atoms with van der Waals surface area (Å²) in [4.78, 5) is 2.72. The Kier molecular flexibility index (Phi) is 9.99. The van der Waals surface area contributed by atoms with Crippen molar-refractivity contribution >= 4 is 8.32 Å². The second kappa shape index (κ2) is 12.0. The first kappa shape index (κ1) is 25.8. The number of unbranched alkanes of at least 4 members (excludes halogenated alkanes) is 1. The number of hydrogen-bond donors (Lipinski definition) is 0. The van der Waals surface area contributed by atoms with Gasteiger partial charge in [0.1, 0.15) is 0 Å². The van der Waals surface area contributed by atoms with E-state index in [0.717, 1.165) is 19.6 Å². The van der Waals surface area contributed by atoms with Crippen molar-refractivity contribution in [2.75, 3.05) is 6.61 Å². The van der Waals surface area contributed by atoms with E-state index in [2.05, 4.69) is 113 Å². The molecule has 0 spiro atoms. The lowest BCUT2D eigenvalue weighted by Gasteiger charge is -2.39. The molecule has 0 aliphatic heterocycles. The third-order valence-corrected chi connectivity index (χ3v) is 11.6. The summed E-state index contributed by atoms with van der Waals surface area (Å²) in [5, 5.41) is 0.257. The molecular weight excluding hydrogens is 394 g/mol. The summed E-state index contributed by atoms with van der Waals surface area (Å²) < 4.78 is 6.60. The van der Waals surface area contributed by atoms with Gasteiger partial charge in [0, 0.05) is 25.2 Å². The second-order valence-electron chi connectivity index (χ2n) is 10.4. The lowest BCUT2D eigenvalue weighted by molar-refractivity contribution is 0.102. The van der Waals surface area contributed by atoms with Crippen molar-refractivity contribution in [2.24, 2.45) is 0 Å². The summed E-state index contributed by atoms with van der Waals surface area (Å²) >= 11 is 0. The molecule has 2 unspecified atom stereocenters. The Morgan fingerprint density at radius 3 is 2.03 bits per heavy atom. The van der Waals surface area contributed by atoms with Crippen molar-refractivity contribution in [3.8, 4) is 0 Å². The van der Waals surface area contributed by atoms with E-state index in [1.165, 1.54) is 30.4 Å². The van der Waals surface area contributed by atoms with Crippen LogP contribution in [0.2, 0.25) is 18.1 Å². The van der Waals surface area contributed by atoms with Gasteiger partial charge < -0.3 is 4.43 Å². The lowest BCUT2D eigenvalue weighted by atomic mass is 9.98. The van der Waals surface area contributed by atoms with Crippen LogP contribution < -0.4 is 0 Å². The Bertz CT molecular complexity index is 739. The van der Waals surface area contributed by atoms with Gasteiger partial charge >= 0.3 is 0 Å². The van der Waals surface area contributed by atoms with Crippen molar-refractivity contribution in [3.63, 3.8) is 0 Å². The van der Waals surface area contributed by atoms with Crippen molar-refractivity contribution < 1.29 is 4.43 Å². The van der Waals surface area contributed by atoms with Crippen LogP contribution in [-0.4, -0.2) is 25.9 Å². The highest BCUT2D eigenvalue weighted by atomic mass is 28.4. The van der Waals surface area contributed by atoms with E-state index in [-0.39, 0.29) is 5.04 Å². The number of nitrogens with zero attached hydrogens (tertiary/aromatic N) is 1. The molecular formula is C28H45NOSi. The van der Waals surface area contributed by atoms with E-state index in [4.69, 9.17) is 4.43 Å². The van der Waals surface area contributed by atoms with E-state index in [0.29, 0.717) is 12.1 Å². The molecule has 0 fully saturated rings. The van der Waals surface area contributed by atoms with Gasteiger partial charge in [-0.3, -0.25) is 4.90 Å². The predicted molar refractivity (Wildman–Crippen MR) is 138 cm³/mol. The number of hydrogen-bond acceptors (Lipinski definition) is 2. The molecule has 0 radical (unpaired) electrons. The molecule has 2 atom stereocenters. The van der Waals surface area contributed by atoms with E-state index in [1.54, 1.807) is 0 Å². The molecule has 0 aliphatic rings. The predicted octanol–water partition coefficient (Wildman–Crippen LogP) is 8.22. The van der Waals surface area contributed by atoms with E-state index in [9.17, 15) is 0 Å². The fraction of sp³-hybridized carbons (Fsp3) is 0.571. The maximum atomic E-state index is 6.60. The topological polar surface area (TPSA) is 12.5 Å². The average Bonchev–Trinajstić information content (AvgIpc) is 2.74. The smallest absolute Gasteiger partial charge is 0.191 e. The van der Waals surface area contributed by atoms with Crippen LogP contribution in [-0.2, 0) is 11.0 Å². The van der Waals surface area contributed by atoms with Gasteiger partial charge in [-0.2, -0.15) is 0 Å². The van der Waals surface area contributed by atoms with Gasteiger partial charge in [-0.25, -0.2) is 0 Å². The van der Waals surface area contributed by atoms with Crippen molar-refractivity contribution in [1.29, 1.82) is 0 Å². The fourth-order valence-corrected chi connectivity index (χ4v) is 4.94. The minimum absolute atomic E-state index is 0.257. The van der Waals surface area contributed by atoms with Crippen LogP contribution in [0.4, 0.5) is 0 Å². The zero-order valence-electron chi connectivity index (χ0n) is 21.0. The van der Waals surface area contributed by atoms with E-state index < -0.39 is 8.32 Å². The summed E-state index contributed by atoms with van der Waals surface area (Å²) in [6, 6.07) is 22.8. The quantitative estimate of drug-likeness (QED) is 0.309. The van der Waals surface area contributed by atoms with Gasteiger partial charge in [0.15, 0.2) is 8.32 Å². The second-order valence-corrected chi connectivity index (χ2v) is 15.2. The SMILES string of the molecule is CCCCC(CCO[Si](C)(C)C(C)(C)C)N(Cc1ccccc1)C(C)c1ccccc1. The molecule has 0 saturated heterocycles. The number of rotatable bonds is 12. The van der Waals surface area contributed by atoms with Crippen molar-refractivity contribution in [3.05, 3.63) is 71.8 Å². The molecule has 0 saturated carbocycles. The van der Waals surface area contributed by atoms with Crippen LogP contribution >= 0.6 is 0 Å². The minimum Gasteiger partial charge on any atom is -0.417 e. The summed E-state index contributed by atoms with van der Waals surface area (Å²) in [5.41, 5.74) is 2.78. The molecule has 3 heteroatoms. The molecule has 0 heterocycles. The molecule has 2 rings (SSSR count). The summed E-state index contributed by atoms with van der Waals surface area (Å²) in [6.07, 6.45) is 4.81. The Labute approximate surface area is 193 Å². The van der Waals surface area contributed by atoms with Gasteiger partial charge in [0.25, 0.3) is 0 Å². The zero-order chi connectivity index (χ0) is 22.9. The van der Waals surface area contributed by atoms with Crippen molar-refractivity contribution in [1.82, 2.24) is 4.90 Å². The molecule has 2 aromatic carbocycles. The highest BCUT2D eigenvalue weighted by molar-refractivity contribution is 6.74. The van der Waals surface area contributed by atoms with Crippen LogP contribution in [0.25, 0.3) is 0 Å². The summed E-state index contributed by atoms with van der Waals surface area (Å²) in [7, 11) is -1.72. The fourth-order valence-electron chi connectivity index (χ4n) is 3.88. The highest BCUT2D eigenvalue weighted by Gasteiger charge is 2.37. The van der Waals surface area contributed by atoms with Crippen LogP contribution in [0, 0.1) is 0 Å². The van der Waals surface area contributed by atoms with Gasteiger partial charge in [0.05, 0.1) is 0 Å². The number of benzene rings is 2. The first-order valence-corrected chi connectivity index (χ1v) is 15.0. The van der Waals surface area contributed by atoms with Gasteiger partial charge in [-0.05, 0) is 49.0 Å². The van der Waals surface area contributed by atoms with E-state index in [1.807, 2.05) is 0 Å². The molecule has 0 N–H and O–H groups in total. The summed E-state index contributed by atoms with van der Waals surface area (Å²) in [6.45, 7) is 18.2. The normalized spacial score (nSPS) is 14.6. The third-order valence-electron chi connectivity index (χ3n) is 7.07. The zero-order valence-corrected chi connectivity index (χ0v) is 22.0.